The van der Waals surface area contributed by atoms with Crippen LogP contribution >= 0.6 is 0 Å². The molecule has 4 nitrogen and oxygen atoms in total. The normalized spacial score (nSPS) is 11.4. The molecule has 4 heteroatoms. The van der Waals surface area contributed by atoms with Crippen LogP contribution in [0.5, 0.6) is 0 Å². The molecule has 0 aliphatic heterocycles. The molecule has 0 spiro atoms. The van der Waals surface area contributed by atoms with Crippen LogP contribution in [0.15, 0.2) is 158 Å². The number of para-hydroxylation sites is 2. The topological polar surface area (TPSA) is 57.4 Å². The first-order valence-corrected chi connectivity index (χ1v) is 19.6. The van der Waals surface area contributed by atoms with Gasteiger partial charge in [0.2, 0.25) is 0 Å². The van der Waals surface area contributed by atoms with Crippen molar-refractivity contribution in [2.45, 2.75) is 27.7 Å². The summed E-state index contributed by atoms with van der Waals surface area (Å²) in [6.07, 6.45) is 0. The third-order valence-corrected chi connectivity index (χ3v) is 11.7. The van der Waals surface area contributed by atoms with Crippen molar-refractivity contribution in [1.29, 1.82) is 10.5 Å². The molecule has 8 aromatic carbocycles. The fourth-order valence-electron chi connectivity index (χ4n) is 9.09. The van der Waals surface area contributed by atoms with Gasteiger partial charge in [-0.15, -0.1) is 0 Å². The first kappa shape index (κ1) is 34.8. The van der Waals surface area contributed by atoms with Gasteiger partial charge in [-0.3, -0.25) is 0 Å². The van der Waals surface area contributed by atoms with Crippen molar-refractivity contribution in [2.24, 2.45) is 0 Å². The monoisotopic (exact) mass is 742 g/mol. The van der Waals surface area contributed by atoms with E-state index in [1.807, 2.05) is 24.3 Å². The zero-order valence-corrected chi connectivity index (χ0v) is 32.8. The maximum absolute atomic E-state index is 11.4. The molecular weight excluding hydrogens is 705 g/mol. The van der Waals surface area contributed by atoms with Crippen LogP contribution in [0.25, 0.3) is 88.4 Å². The predicted octanol–water partition coefficient (Wildman–Crippen LogP) is 13.9. The van der Waals surface area contributed by atoms with Gasteiger partial charge in [0.1, 0.15) is 11.6 Å². The molecule has 0 atom stereocenters. The fourth-order valence-corrected chi connectivity index (χ4v) is 9.09. The first-order chi connectivity index (χ1) is 28.3. The van der Waals surface area contributed by atoms with E-state index in [2.05, 4.69) is 182 Å². The Labute approximate surface area is 337 Å². The van der Waals surface area contributed by atoms with Gasteiger partial charge in [-0.25, -0.2) is 0 Å². The summed E-state index contributed by atoms with van der Waals surface area (Å²) < 4.78 is 4.50. The second-order valence-electron chi connectivity index (χ2n) is 15.5. The Balaban J connectivity index is 1.29. The largest absolute Gasteiger partial charge is 0.308 e. The summed E-state index contributed by atoms with van der Waals surface area (Å²) in [6.45, 7) is 8.59. The third-order valence-electron chi connectivity index (χ3n) is 11.7. The Bertz CT molecular complexity index is 3220. The lowest BCUT2D eigenvalue weighted by molar-refractivity contribution is 1.12. The Morgan fingerprint density at radius 3 is 1.36 bits per heavy atom. The number of fused-ring (bicyclic) bond motifs is 6. The van der Waals surface area contributed by atoms with Crippen molar-refractivity contribution in [2.75, 3.05) is 0 Å². The number of rotatable bonds is 5. The summed E-state index contributed by atoms with van der Waals surface area (Å²) in [5.41, 5.74) is 18.2. The highest BCUT2D eigenvalue weighted by molar-refractivity contribution is 6.12. The minimum Gasteiger partial charge on any atom is -0.308 e. The number of hydrogen-bond acceptors (Lipinski definition) is 2. The molecule has 58 heavy (non-hydrogen) atoms. The molecule has 0 N–H and O–H groups in total. The second kappa shape index (κ2) is 13.5. The molecule has 0 saturated carbocycles. The van der Waals surface area contributed by atoms with Gasteiger partial charge in [0.15, 0.2) is 0 Å². The lowest BCUT2D eigenvalue weighted by Gasteiger charge is -2.18. The van der Waals surface area contributed by atoms with Crippen LogP contribution in [0.2, 0.25) is 0 Å². The number of aromatic nitrogens is 2. The van der Waals surface area contributed by atoms with Crippen LogP contribution in [0, 0.1) is 50.4 Å². The van der Waals surface area contributed by atoms with Gasteiger partial charge < -0.3 is 9.13 Å². The van der Waals surface area contributed by atoms with Gasteiger partial charge in [0.05, 0.1) is 45.1 Å². The third kappa shape index (κ3) is 5.50. The van der Waals surface area contributed by atoms with Gasteiger partial charge in [-0.1, -0.05) is 108 Å². The molecule has 274 valence electrons. The van der Waals surface area contributed by atoms with E-state index in [0.717, 1.165) is 77.2 Å². The lowest BCUT2D eigenvalue weighted by Crippen LogP contribution is -2.05. The SMILES string of the molecule is Cc1ccc(-c2ccc3c(c2)c2ccccc2n3-c2cc(-c3cccc(C#N)c3)cc(-n3c4ccccc4c4cc(-c5ccc(C)cc5C)ccc43)c2C#N)c(C)c1. The quantitative estimate of drug-likeness (QED) is 0.176. The minimum absolute atomic E-state index is 0.558. The maximum Gasteiger partial charge on any atom is 0.104 e. The Kier molecular flexibility index (Phi) is 8.11. The molecule has 2 aromatic heterocycles. The van der Waals surface area contributed by atoms with Crippen LogP contribution in [0.3, 0.4) is 0 Å². The molecule has 0 aliphatic carbocycles. The smallest absolute Gasteiger partial charge is 0.104 e. The van der Waals surface area contributed by atoms with E-state index in [1.54, 1.807) is 0 Å². The van der Waals surface area contributed by atoms with E-state index in [-0.39, 0.29) is 0 Å². The number of benzene rings is 8. The van der Waals surface area contributed by atoms with Gasteiger partial charge in [0, 0.05) is 21.5 Å². The number of aryl methyl sites for hydroxylation is 4. The maximum atomic E-state index is 11.4. The van der Waals surface area contributed by atoms with Crippen molar-refractivity contribution in [3.05, 3.63) is 191 Å². The molecule has 2 heterocycles. The van der Waals surface area contributed by atoms with Crippen LogP contribution in [0.1, 0.15) is 33.4 Å². The predicted molar refractivity (Wildman–Crippen MR) is 240 cm³/mol. The Hall–Kier alpha value is -7.66. The van der Waals surface area contributed by atoms with E-state index in [1.165, 1.54) is 33.4 Å². The highest BCUT2D eigenvalue weighted by Gasteiger charge is 2.23. The lowest BCUT2D eigenvalue weighted by atomic mass is 9.97. The van der Waals surface area contributed by atoms with Gasteiger partial charge >= 0.3 is 0 Å². The molecule has 0 aliphatic rings. The van der Waals surface area contributed by atoms with Crippen LogP contribution in [0.4, 0.5) is 0 Å². The van der Waals surface area contributed by atoms with Crippen LogP contribution in [-0.2, 0) is 0 Å². The zero-order valence-electron chi connectivity index (χ0n) is 32.8. The minimum atomic E-state index is 0.558. The molecule has 0 saturated heterocycles. The van der Waals surface area contributed by atoms with E-state index >= 15 is 0 Å². The summed E-state index contributed by atoms with van der Waals surface area (Å²) in [5.74, 6) is 0. The van der Waals surface area contributed by atoms with Crippen molar-refractivity contribution < 1.29 is 0 Å². The zero-order chi connectivity index (χ0) is 39.7. The summed E-state index contributed by atoms with van der Waals surface area (Å²) in [5, 5.41) is 25.8. The Morgan fingerprint density at radius 2 is 0.879 bits per heavy atom. The van der Waals surface area contributed by atoms with Crippen molar-refractivity contribution in [3.63, 3.8) is 0 Å². The number of nitrogens with zero attached hydrogens (tertiary/aromatic N) is 4. The van der Waals surface area contributed by atoms with E-state index in [4.69, 9.17) is 0 Å². The van der Waals surface area contributed by atoms with E-state index in [0.29, 0.717) is 11.1 Å². The molecule has 10 aromatic rings. The number of hydrogen-bond donors (Lipinski definition) is 0. The van der Waals surface area contributed by atoms with Crippen molar-refractivity contribution >= 4 is 43.6 Å². The second-order valence-corrected chi connectivity index (χ2v) is 15.5. The molecule has 0 bridgehead atoms. The molecular formula is C54H38N4. The summed E-state index contributed by atoms with van der Waals surface area (Å²) in [6, 6.07) is 60.5. The molecule has 0 amide bonds. The molecule has 10 rings (SSSR count). The Morgan fingerprint density at radius 1 is 0.379 bits per heavy atom. The summed E-state index contributed by atoms with van der Waals surface area (Å²) >= 11 is 0. The van der Waals surface area contributed by atoms with Gasteiger partial charge in [-0.2, -0.15) is 10.5 Å². The van der Waals surface area contributed by atoms with Crippen LogP contribution in [-0.4, -0.2) is 9.13 Å². The van der Waals surface area contributed by atoms with Crippen molar-refractivity contribution in [3.8, 4) is 56.9 Å². The van der Waals surface area contributed by atoms with Gasteiger partial charge in [0.25, 0.3) is 0 Å². The highest BCUT2D eigenvalue weighted by Crippen LogP contribution is 2.42. The summed E-state index contributed by atoms with van der Waals surface area (Å²) in [4.78, 5) is 0. The average molecular weight is 743 g/mol. The van der Waals surface area contributed by atoms with E-state index in [9.17, 15) is 10.5 Å². The first-order valence-electron chi connectivity index (χ1n) is 19.6. The standard InChI is InChI=1S/C54H38N4/c1-33-16-20-42(35(3)24-33)39-18-22-51-46(27-39)44-12-5-7-14-49(44)57(51)53-29-41(38-11-9-10-37(26-38)31-55)30-54(48(53)32-56)58-50-15-8-6-13-45(50)47-28-40(19-23-52(47)58)43-21-17-34(2)25-36(43)4/h5-30H,1-4H3. The number of nitriles is 2. The summed E-state index contributed by atoms with van der Waals surface area (Å²) in [7, 11) is 0. The van der Waals surface area contributed by atoms with Gasteiger partial charge in [-0.05, 0) is 133 Å². The molecule has 0 radical (unpaired) electrons. The van der Waals surface area contributed by atoms with Crippen molar-refractivity contribution in [1.82, 2.24) is 9.13 Å². The highest BCUT2D eigenvalue weighted by atomic mass is 15.0. The average Bonchev–Trinajstić information content (AvgIpc) is 3.75. The molecule has 0 fully saturated rings. The fraction of sp³-hybridized carbons (Fsp3) is 0.0741. The van der Waals surface area contributed by atoms with Crippen LogP contribution < -0.4 is 0 Å². The van der Waals surface area contributed by atoms with E-state index < -0.39 is 0 Å². The molecule has 0 unspecified atom stereocenters.